The largest absolute Gasteiger partial charge is 0.497 e. The lowest BCUT2D eigenvalue weighted by molar-refractivity contribution is -0.115. The number of methoxy groups -OCH3 is 2. The second-order valence-electron chi connectivity index (χ2n) is 5.07. The Kier molecular flexibility index (Phi) is 5.31. The van der Waals surface area contributed by atoms with E-state index in [1.54, 1.807) is 56.7 Å². The fourth-order valence-corrected chi connectivity index (χ4v) is 3.17. The third-order valence-electron chi connectivity index (χ3n) is 3.43. The Morgan fingerprint density at radius 1 is 1.12 bits per heavy atom. The summed E-state index contributed by atoms with van der Waals surface area (Å²) in [7, 11) is 3.17. The van der Waals surface area contributed by atoms with Gasteiger partial charge in [-0.3, -0.25) is 4.79 Å². The molecular formula is C18H15ClN2O3S. The van der Waals surface area contributed by atoms with Crippen molar-refractivity contribution in [3.05, 3.63) is 58.0 Å². The molecule has 0 unspecified atom stereocenters. The van der Waals surface area contributed by atoms with Gasteiger partial charge in [0.1, 0.15) is 11.5 Å². The molecule has 2 aromatic carbocycles. The van der Waals surface area contributed by atoms with Gasteiger partial charge in [0.25, 0.3) is 5.91 Å². The van der Waals surface area contributed by atoms with Crippen LogP contribution in [-0.4, -0.2) is 25.3 Å². The molecule has 0 spiro atoms. The van der Waals surface area contributed by atoms with Gasteiger partial charge in [-0.1, -0.05) is 11.6 Å². The molecule has 0 atom stereocenters. The van der Waals surface area contributed by atoms with Gasteiger partial charge in [0.15, 0.2) is 5.17 Å². The zero-order valence-electron chi connectivity index (χ0n) is 13.6. The van der Waals surface area contributed by atoms with Gasteiger partial charge in [-0.25, -0.2) is 4.99 Å². The molecule has 0 bridgehead atoms. The fraction of sp³-hybridized carbons (Fsp3) is 0.111. The number of thioether (sulfide) groups is 1. The number of ether oxygens (including phenoxy) is 2. The maximum Gasteiger partial charge on any atom is 0.264 e. The highest BCUT2D eigenvalue weighted by molar-refractivity contribution is 8.18. The van der Waals surface area contributed by atoms with E-state index in [1.807, 2.05) is 6.07 Å². The van der Waals surface area contributed by atoms with Gasteiger partial charge in [0.2, 0.25) is 0 Å². The summed E-state index contributed by atoms with van der Waals surface area (Å²) in [6.07, 6.45) is 1.76. The van der Waals surface area contributed by atoms with Gasteiger partial charge in [0.05, 0.1) is 24.8 Å². The van der Waals surface area contributed by atoms with E-state index in [1.165, 1.54) is 11.8 Å². The fourth-order valence-electron chi connectivity index (χ4n) is 2.21. The van der Waals surface area contributed by atoms with Gasteiger partial charge in [-0.2, -0.15) is 0 Å². The summed E-state index contributed by atoms with van der Waals surface area (Å²) in [5, 5.41) is 3.91. The molecule has 0 aromatic heterocycles. The molecule has 128 valence electrons. The predicted octanol–water partition coefficient (Wildman–Crippen LogP) is 4.25. The maximum absolute atomic E-state index is 12.2. The van der Waals surface area contributed by atoms with Gasteiger partial charge in [-0.15, -0.1) is 0 Å². The van der Waals surface area contributed by atoms with E-state index in [0.29, 0.717) is 32.3 Å². The standard InChI is InChI=1S/C18H15ClN2O3S/c1-23-14-7-8-15(24-2)11(9-14)10-16-17(22)21-18(25-16)20-13-5-3-12(19)4-6-13/h3-10H,1-2H3,(H,20,21,22). The number of rotatable bonds is 4. The van der Waals surface area contributed by atoms with Gasteiger partial charge in [0, 0.05) is 10.6 Å². The Labute approximate surface area is 154 Å². The first-order valence-electron chi connectivity index (χ1n) is 7.36. The number of amidine groups is 1. The average molecular weight is 375 g/mol. The van der Waals surface area contributed by atoms with Crippen molar-refractivity contribution in [1.29, 1.82) is 0 Å². The number of hydrogen-bond acceptors (Lipinski definition) is 5. The lowest BCUT2D eigenvalue weighted by atomic mass is 10.1. The lowest BCUT2D eigenvalue weighted by Gasteiger charge is -2.07. The van der Waals surface area contributed by atoms with Crippen LogP contribution in [0.1, 0.15) is 5.56 Å². The monoisotopic (exact) mass is 374 g/mol. The summed E-state index contributed by atoms with van der Waals surface area (Å²) in [6, 6.07) is 12.5. The smallest absolute Gasteiger partial charge is 0.264 e. The molecule has 1 heterocycles. The molecule has 1 aliphatic rings. The molecule has 2 aromatic rings. The van der Waals surface area contributed by atoms with E-state index in [4.69, 9.17) is 21.1 Å². The molecule has 1 saturated heterocycles. The van der Waals surface area contributed by atoms with Crippen molar-refractivity contribution < 1.29 is 14.3 Å². The minimum atomic E-state index is -0.206. The number of benzene rings is 2. The van der Waals surface area contributed by atoms with Crippen LogP contribution in [0, 0.1) is 0 Å². The van der Waals surface area contributed by atoms with Crippen LogP contribution in [0.3, 0.4) is 0 Å². The maximum atomic E-state index is 12.2. The van der Waals surface area contributed by atoms with Crippen molar-refractivity contribution in [2.24, 2.45) is 4.99 Å². The quantitative estimate of drug-likeness (QED) is 0.813. The van der Waals surface area contributed by atoms with Crippen LogP contribution in [0.5, 0.6) is 11.5 Å². The van der Waals surface area contributed by atoms with Crippen LogP contribution >= 0.6 is 23.4 Å². The first-order chi connectivity index (χ1) is 12.1. The Balaban J connectivity index is 1.87. The van der Waals surface area contributed by atoms with E-state index in [0.717, 1.165) is 5.56 Å². The number of aliphatic imine (C=N–C) groups is 1. The van der Waals surface area contributed by atoms with Crippen LogP contribution < -0.4 is 14.8 Å². The topological polar surface area (TPSA) is 59.9 Å². The normalized spacial score (nSPS) is 17.0. The summed E-state index contributed by atoms with van der Waals surface area (Å²) in [4.78, 5) is 17.2. The third-order valence-corrected chi connectivity index (χ3v) is 4.59. The van der Waals surface area contributed by atoms with Crippen LogP contribution in [0.15, 0.2) is 52.4 Å². The Morgan fingerprint density at radius 3 is 2.56 bits per heavy atom. The minimum Gasteiger partial charge on any atom is -0.497 e. The first-order valence-corrected chi connectivity index (χ1v) is 8.55. The Bertz CT molecular complexity index is 863. The van der Waals surface area contributed by atoms with Crippen LogP contribution in [0.25, 0.3) is 6.08 Å². The first kappa shape index (κ1) is 17.4. The van der Waals surface area contributed by atoms with E-state index < -0.39 is 0 Å². The van der Waals surface area contributed by atoms with E-state index in [9.17, 15) is 4.79 Å². The van der Waals surface area contributed by atoms with Crippen molar-refractivity contribution in [3.63, 3.8) is 0 Å². The van der Waals surface area contributed by atoms with Crippen molar-refractivity contribution in [1.82, 2.24) is 5.32 Å². The number of hydrogen-bond donors (Lipinski definition) is 1. The highest BCUT2D eigenvalue weighted by Crippen LogP contribution is 2.32. The molecule has 5 nitrogen and oxygen atoms in total. The lowest BCUT2D eigenvalue weighted by Crippen LogP contribution is -2.19. The number of nitrogens with one attached hydrogen (secondary N) is 1. The van der Waals surface area contributed by atoms with Gasteiger partial charge in [-0.05, 0) is 60.3 Å². The molecule has 1 fully saturated rings. The summed E-state index contributed by atoms with van der Waals surface area (Å²) in [5.74, 6) is 1.14. The highest BCUT2D eigenvalue weighted by atomic mass is 35.5. The van der Waals surface area contributed by atoms with Gasteiger partial charge >= 0.3 is 0 Å². The molecule has 1 amide bonds. The summed E-state index contributed by atoms with van der Waals surface area (Å²) < 4.78 is 10.6. The second-order valence-corrected chi connectivity index (χ2v) is 6.53. The number of nitrogens with zero attached hydrogens (tertiary/aromatic N) is 1. The van der Waals surface area contributed by atoms with Crippen LogP contribution in [0.4, 0.5) is 5.69 Å². The van der Waals surface area contributed by atoms with Crippen LogP contribution in [0.2, 0.25) is 5.02 Å². The van der Waals surface area contributed by atoms with Crippen molar-refractivity contribution in [2.75, 3.05) is 14.2 Å². The van der Waals surface area contributed by atoms with E-state index in [-0.39, 0.29) is 5.91 Å². The third kappa shape index (κ3) is 4.15. The Morgan fingerprint density at radius 2 is 1.88 bits per heavy atom. The molecule has 7 heteroatoms. The van der Waals surface area contributed by atoms with Crippen molar-refractivity contribution in [3.8, 4) is 11.5 Å². The second kappa shape index (κ2) is 7.63. The summed E-state index contributed by atoms with van der Waals surface area (Å²) >= 11 is 7.13. The number of carbonyl (C=O) groups excluding carboxylic acids is 1. The number of carbonyl (C=O) groups is 1. The summed E-state index contributed by atoms with van der Waals surface area (Å²) in [5.41, 5.74) is 1.47. The molecular weight excluding hydrogens is 360 g/mol. The highest BCUT2D eigenvalue weighted by Gasteiger charge is 2.24. The molecule has 3 rings (SSSR count). The SMILES string of the molecule is COc1ccc(OC)c(C=C2SC(=Nc3ccc(Cl)cc3)NC2=O)c1. The van der Waals surface area contributed by atoms with Crippen LogP contribution in [-0.2, 0) is 4.79 Å². The number of halogens is 1. The Hall–Kier alpha value is -2.44. The zero-order chi connectivity index (χ0) is 17.8. The average Bonchev–Trinajstić information content (AvgIpc) is 2.96. The molecule has 0 radical (unpaired) electrons. The summed E-state index contributed by atoms with van der Waals surface area (Å²) in [6.45, 7) is 0. The molecule has 1 aliphatic heterocycles. The predicted molar refractivity (Wildman–Crippen MR) is 102 cm³/mol. The zero-order valence-corrected chi connectivity index (χ0v) is 15.1. The molecule has 25 heavy (non-hydrogen) atoms. The molecule has 0 aliphatic carbocycles. The van der Waals surface area contributed by atoms with Crippen molar-refractivity contribution in [2.45, 2.75) is 0 Å². The molecule has 0 saturated carbocycles. The van der Waals surface area contributed by atoms with E-state index >= 15 is 0 Å². The minimum absolute atomic E-state index is 0.206. The van der Waals surface area contributed by atoms with Crippen molar-refractivity contribution >= 4 is 46.2 Å². The number of amides is 1. The van der Waals surface area contributed by atoms with E-state index in [2.05, 4.69) is 10.3 Å². The molecule has 1 N–H and O–H groups in total. The van der Waals surface area contributed by atoms with Gasteiger partial charge < -0.3 is 14.8 Å².